The fraction of sp³-hybridized carbons (Fsp3) is 0.450. The summed E-state index contributed by atoms with van der Waals surface area (Å²) in [7, 11) is 0. The Morgan fingerprint density at radius 2 is 1.92 bits per heavy atom. The van der Waals surface area contributed by atoms with E-state index in [1.54, 1.807) is 0 Å². The Morgan fingerprint density at radius 3 is 2.56 bits per heavy atom. The third kappa shape index (κ3) is 5.10. The van der Waals surface area contributed by atoms with Gasteiger partial charge in [-0.15, -0.1) is 12.4 Å². The van der Waals surface area contributed by atoms with Crippen molar-refractivity contribution in [1.29, 1.82) is 0 Å². The van der Waals surface area contributed by atoms with E-state index in [0.29, 0.717) is 12.1 Å². The third-order valence-electron chi connectivity index (χ3n) is 4.66. The molecular formula is C20H27ClN2O2. The monoisotopic (exact) mass is 362 g/mol. The summed E-state index contributed by atoms with van der Waals surface area (Å²) in [5.41, 5.74) is 1.81. The second kappa shape index (κ2) is 9.07. The highest BCUT2D eigenvalue weighted by molar-refractivity contribution is 5.94. The molecule has 1 aromatic heterocycles. The highest BCUT2D eigenvalue weighted by atomic mass is 35.5. The average molecular weight is 363 g/mol. The standard InChI is InChI=1S/C20H26N2O2.ClH/c1-15-7-6-8-17(13-15)20(23)21-14-18(19-10-9-16(2)24-19)22-11-4-3-5-12-22;/h6-10,13,18H,3-5,11-12,14H2,1-2H3,(H,21,23);1H. The van der Waals surface area contributed by atoms with Gasteiger partial charge in [0, 0.05) is 12.1 Å². The molecule has 0 spiro atoms. The summed E-state index contributed by atoms with van der Waals surface area (Å²) in [6.45, 7) is 6.65. The summed E-state index contributed by atoms with van der Waals surface area (Å²) in [5.74, 6) is 1.83. The van der Waals surface area contributed by atoms with Crippen molar-refractivity contribution in [1.82, 2.24) is 10.2 Å². The maximum Gasteiger partial charge on any atom is 0.251 e. The first-order valence-electron chi connectivity index (χ1n) is 8.79. The summed E-state index contributed by atoms with van der Waals surface area (Å²) in [4.78, 5) is 14.9. The van der Waals surface area contributed by atoms with Crippen LogP contribution in [0.1, 0.15) is 52.7 Å². The number of carbonyl (C=O) groups excluding carboxylic acids is 1. The van der Waals surface area contributed by atoms with Crippen LogP contribution in [0, 0.1) is 13.8 Å². The molecule has 0 saturated carbocycles. The number of benzene rings is 1. The molecule has 1 amide bonds. The van der Waals surface area contributed by atoms with Crippen LogP contribution in [0.2, 0.25) is 0 Å². The molecular weight excluding hydrogens is 336 g/mol. The van der Waals surface area contributed by atoms with E-state index in [0.717, 1.165) is 30.2 Å². The maximum absolute atomic E-state index is 12.5. The van der Waals surface area contributed by atoms with E-state index in [-0.39, 0.29) is 24.4 Å². The predicted molar refractivity (Wildman–Crippen MR) is 102 cm³/mol. The van der Waals surface area contributed by atoms with Gasteiger partial charge >= 0.3 is 0 Å². The van der Waals surface area contributed by atoms with E-state index >= 15 is 0 Å². The molecule has 1 aliphatic rings. The van der Waals surface area contributed by atoms with Crippen LogP contribution in [-0.2, 0) is 0 Å². The topological polar surface area (TPSA) is 45.5 Å². The summed E-state index contributed by atoms with van der Waals surface area (Å²) < 4.78 is 5.86. The van der Waals surface area contributed by atoms with Gasteiger partial charge in [-0.2, -0.15) is 0 Å². The molecule has 1 aliphatic heterocycles. The molecule has 2 aromatic rings. The van der Waals surface area contributed by atoms with E-state index in [1.165, 1.54) is 19.3 Å². The number of amides is 1. The average Bonchev–Trinajstić information content (AvgIpc) is 3.02. The first-order chi connectivity index (χ1) is 11.6. The van der Waals surface area contributed by atoms with Crippen LogP contribution in [0.4, 0.5) is 0 Å². The quantitative estimate of drug-likeness (QED) is 0.863. The van der Waals surface area contributed by atoms with Crippen LogP contribution >= 0.6 is 12.4 Å². The molecule has 0 bridgehead atoms. The smallest absolute Gasteiger partial charge is 0.251 e. The first kappa shape index (κ1) is 19.5. The summed E-state index contributed by atoms with van der Waals surface area (Å²) in [6.07, 6.45) is 3.71. The van der Waals surface area contributed by atoms with E-state index in [2.05, 4.69) is 10.2 Å². The van der Waals surface area contributed by atoms with Crippen LogP contribution in [0.3, 0.4) is 0 Å². The normalized spacial score (nSPS) is 16.1. The molecule has 25 heavy (non-hydrogen) atoms. The van der Waals surface area contributed by atoms with Crippen molar-refractivity contribution in [3.05, 3.63) is 59.0 Å². The molecule has 1 atom stereocenters. The molecule has 5 heteroatoms. The van der Waals surface area contributed by atoms with Crippen LogP contribution in [0.15, 0.2) is 40.8 Å². The number of aryl methyl sites for hydroxylation is 2. The molecule has 1 aromatic carbocycles. The Labute approximate surface area is 156 Å². The number of piperidine rings is 1. The number of hydrogen-bond acceptors (Lipinski definition) is 3. The van der Waals surface area contributed by atoms with Crippen LogP contribution < -0.4 is 5.32 Å². The minimum Gasteiger partial charge on any atom is -0.465 e. The molecule has 1 unspecified atom stereocenters. The third-order valence-corrected chi connectivity index (χ3v) is 4.66. The second-order valence-electron chi connectivity index (χ2n) is 6.64. The predicted octanol–water partition coefficient (Wildman–Crippen LogP) is 4.28. The van der Waals surface area contributed by atoms with Crippen molar-refractivity contribution in [2.24, 2.45) is 0 Å². The van der Waals surface area contributed by atoms with Gasteiger partial charge in [0.05, 0.1) is 6.04 Å². The highest BCUT2D eigenvalue weighted by Gasteiger charge is 2.25. The molecule has 2 heterocycles. The fourth-order valence-corrected chi connectivity index (χ4v) is 3.35. The zero-order chi connectivity index (χ0) is 16.9. The lowest BCUT2D eigenvalue weighted by molar-refractivity contribution is 0.0913. The van der Waals surface area contributed by atoms with Crippen LogP contribution in [-0.4, -0.2) is 30.4 Å². The summed E-state index contributed by atoms with van der Waals surface area (Å²) >= 11 is 0. The largest absolute Gasteiger partial charge is 0.465 e. The number of hydrogen-bond donors (Lipinski definition) is 1. The lowest BCUT2D eigenvalue weighted by atomic mass is 10.1. The maximum atomic E-state index is 12.5. The van der Waals surface area contributed by atoms with Crippen molar-refractivity contribution in [2.45, 2.75) is 39.2 Å². The van der Waals surface area contributed by atoms with Gasteiger partial charge in [0.2, 0.25) is 0 Å². The summed E-state index contributed by atoms with van der Waals surface area (Å²) in [6, 6.07) is 11.8. The van der Waals surface area contributed by atoms with Gasteiger partial charge in [-0.1, -0.05) is 24.1 Å². The number of likely N-dealkylation sites (tertiary alicyclic amines) is 1. The minimum atomic E-state index is -0.0241. The lowest BCUT2D eigenvalue weighted by Gasteiger charge is -2.33. The number of nitrogens with one attached hydrogen (secondary N) is 1. The Morgan fingerprint density at radius 1 is 1.16 bits per heavy atom. The Hall–Kier alpha value is -1.78. The zero-order valence-electron chi connectivity index (χ0n) is 15.0. The van der Waals surface area contributed by atoms with Crippen LogP contribution in [0.25, 0.3) is 0 Å². The molecule has 1 fully saturated rings. The number of nitrogens with zero attached hydrogens (tertiary/aromatic N) is 1. The van der Waals surface area contributed by atoms with Crippen molar-refractivity contribution < 1.29 is 9.21 Å². The number of rotatable bonds is 5. The Balaban J connectivity index is 0.00000225. The number of carbonyl (C=O) groups is 1. The van der Waals surface area contributed by atoms with Gasteiger partial charge in [0.15, 0.2) is 0 Å². The molecule has 1 saturated heterocycles. The van der Waals surface area contributed by atoms with Crippen molar-refractivity contribution in [3.8, 4) is 0 Å². The van der Waals surface area contributed by atoms with E-state index in [1.807, 2.05) is 50.2 Å². The molecule has 3 rings (SSSR count). The minimum absolute atomic E-state index is 0. The van der Waals surface area contributed by atoms with Gasteiger partial charge in [-0.3, -0.25) is 9.69 Å². The molecule has 136 valence electrons. The molecule has 0 radical (unpaired) electrons. The SMILES string of the molecule is Cc1cccc(C(=O)NCC(c2ccc(C)o2)N2CCCCC2)c1.Cl. The second-order valence-corrected chi connectivity index (χ2v) is 6.64. The molecule has 4 nitrogen and oxygen atoms in total. The van der Waals surface area contributed by atoms with E-state index < -0.39 is 0 Å². The van der Waals surface area contributed by atoms with Gasteiger partial charge in [0.1, 0.15) is 11.5 Å². The number of furan rings is 1. The Bertz CT molecular complexity index is 693. The summed E-state index contributed by atoms with van der Waals surface area (Å²) in [5, 5.41) is 3.09. The van der Waals surface area contributed by atoms with Gasteiger partial charge < -0.3 is 9.73 Å². The van der Waals surface area contributed by atoms with Gasteiger partial charge in [-0.25, -0.2) is 0 Å². The molecule has 0 aliphatic carbocycles. The van der Waals surface area contributed by atoms with E-state index in [9.17, 15) is 4.79 Å². The molecule has 1 N–H and O–H groups in total. The number of halogens is 1. The van der Waals surface area contributed by atoms with Crippen LogP contribution in [0.5, 0.6) is 0 Å². The van der Waals surface area contributed by atoms with Gasteiger partial charge in [-0.05, 0) is 64.0 Å². The lowest BCUT2D eigenvalue weighted by Crippen LogP contribution is -2.40. The fourth-order valence-electron chi connectivity index (χ4n) is 3.35. The van der Waals surface area contributed by atoms with E-state index in [4.69, 9.17) is 4.42 Å². The van der Waals surface area contributed by atoms with Crippen molar-refractivity contribution >= 4 is 18.3 Å². The van der Waals surface area contributed by atoms with Crippen molar-refractivity contribution in [3.63, 3.8) is 0 Å². The van der Waals surface area contributed by atoms with Crippen molar-refractivity contribution in [2.75, 3.05) is 19.6 Å². The zero-order valence-corrected chi connectivity index (χ0v) is 15.8. The highest BCUT2D eigenvalue weighted by Crippen LogP contribution is 2.25. The first-order valence-corrected chi connectivity index (χ1v) is 8.79. The van der Waals surface area contributed by atoms with Gasteiger partial charge in [0.25, 0.3) is 5.91 Å². The Kier molecular flexibility index (Phi) is 7.09.